The van der Waals surface area contributed by atoms with Crippen LogP contribution in [0.1, 0.15) is 59.1 Å². The van der Waals surface area contributed by atoms with Gasteiger partial charge in [-0.3, -0.25) is 4.90 Å². The lowest BCUT2D eigenvalue weighted by Gasteiger charge is -2.38. The zero-order valence-corrected chi connectivity index (χ0v) is 20.6. The smallest absolute Gasteiger partial charge is 0.338 e. The van der Waals surface area contributed by atoms with E-state index in [0.29, 0.717) is 28.9 Å². The number of aromatic carboxylic acids is 1. The molecule has 1 aliphatic heterocycles. The van der Waals surface area contributed by atoms with Gasteiger partial charge in [-0.2, -0.15) is 0 Å². The van der Waals surface area contributed by atoms with Crippen LogP contribution < -0.4 is 4.74 Å². The molecule has 2 aromatic carbocycles. The fourth-order valence-electron chi connectivity index (χ4n) is 4.41. The van der Waals surface area contributed by atoms with Gasteiger partial charge in [-0.1, -0.05) is 23.2 Å². The lowest BCUT2D eigenvalue weighted by Crippen LogP contribution is -2.44. The molecule has 2 fully saturated rings. The van der Waals surface area contributed by atoms with Crippen molar-refractivity contribution in [3.05, 3.63) is 62.9 Å². The van der Waals surface area contributed by atoms with Crippen molar-refractivity contribution in [1.82, 2.24) is 4.90 Å². The van der Waals surface area contributed by atoms with Crippen LogP contribution in [-0.4, -0.2) is 48.9 Å². The van der Waals surface area contributed by atoms with E-state index in [-0.39, 0.29) is 36.0 Å². The van der Waals surface area contributed by atoms with Crippen molar-refractivity contribution in [2.45, 2.75) is 43.7 Å². The van der Waals surface area contributed by atoms with Gasteiger partial charge in [0.2, 0.25) is 0 Å². The number of carboxylic acid groups (broad SMARTS) is 1. The lowest BCUT2D eigenvalue weighted by atomic mass is 10.0. The van der Waals surface area contributed by atoms with E-state index in [4.69, 9.17) is 32.7 Å². The second-order valence-electron chi connectivity index (χ2n) is 8.50. The number of hydrogen-bond donors (Lipinski definition) is 1. The minimum atomic E-state index is -1.26. The number of ether oxygens (including phenoxy) is 2. The fraction of sp³-hybridized carbons (Fsp3) is 0.458. The van der Waals surface area contributed by atoms with Gasteiger partial charge in [0.15, 0.2) is 0 Å². The molecule has 1 saturated carbocycles. The molecule has 0 bridgehead atoms. The number of benzene rings is 2. The minimum Gasteiger partial charge on any atom is -0.489 e. The Morgan fingerprint density at radius 1 is 1.18 bits per heavy atom. The Morgan fingerprint density at radius 3 is 2.48 bits per heavy atom. The molecule has 0 amide bonds. The Bertz CT molecular complexity index is 982. The average Bonchev–Trinajstić information content (AvgIpc) is 3.56. The number of piperidine rings is 1. The van der Waals surface area contributed by atoms with Gasteiger partial charge >= 0.3 is 5.97 Å². The van der Waals surface area contributed by atoms with Crippen LogP contribution in [0.5, 0.6) is 5.75 Å². The van der Waals surface area contributed by atoms with Gasteiger partial charge in [-0.15, -0.1) is 12.4 Å². The monoisotopic (exact) mass is 517 g/mol. The summed E-state index contributed by atoms with van der Waals surface area (Å²) in [5, 5.41) is 10.4. The lowest BCUT2D eigenvalue weighted by molar-refractivity contribution is 0.0284. The Morgan fingerprint density at radius 2 is 1.88 bits per heavy atom. The summed E-state index contributed by atoms with van der Waals surface area (Å²) in [6.45, 7) is 1.96. The predicted molar refractivity (Wildman–Crippen MR) is 129 cm³/mol. The molecule has 2 atom stereocenters. The number of halogens is 4. The van der Waals surface area contributed by atoms with Gasteiger partial charge < -0.3 is 14.6 Å². The number of carboxylic acids is 1. The summed E-state index contributed by atoms with van der Waals surface area (Å²) in [6, 6.07) is 8.12. The first-order valence-electron chi connectivity index (χ1n) is 10.8. The van der Waals surface area contributed by atoms with Crippen LogP contribution in [0.15, 0.2) is 30.3 Å². The molecule has 1 unspecified atom stereocenters. The van der Waals surface area contributed by atoms with E-state index < -0.39 is 11.8 Å². The SMILES string of the molecule is COCC(c1cc(Cl)cc(Cl)c1)N1CCC[C@@H](Oc2cc(F)c(C(=O)O)cc2C2CC2)C1.Cl. The molecule has 0 radical (unpaired) electrons. The van der Waals surface area contributed by atoms with Crippen molar-refractivity contribution in [3.8, 4) is 5.75 Å². The topological polar surface area (TPSA) is 59.0 Å². The van der Waals surface area contributed by atoms with Gasteiger partial charge in [-0.05, 0) is 73.5 Å². The highest BCUT2D eigenvalue weighted by molar-refractivity contribution is 6.34. The Balaban J connectivity index is 0.00000306. The van der Waals surface area contributed by atoms with Crippen LogP contribution in [0.2, 0.25) is 10.0 Å². The molecule has 9 heteroatoms. The molecule has 1 saturated heterocycles. The highest BCUT2D eigenvalue weighted by Gasteiger charge is 2.32. The molecule has 1 aliphatic carbocycles. The molecule has 0 aromatic heterocycles. The molecule has 2 aromatic rings. The normalized spacial score (nSPS) is 19.6. The van der Waals surface area contributed by atoms with Crippen LogP contribution in [-0.2, 0) is 4.74 Å². The summed E-state index contributed by atoms with van der Waals surface area (Å²) in [4.78, 5) is 13.6. The number of likely N-dealkylation sites (tertiary alicyclic amines) is 1. The average molecular weight is 519 g/mol. The van der Waals surface area contributed by atoms with E-state index in [1.807, 2.05) is 12.1 Å². The van der Waals surface area contributed by atoms with Gasteiger partial charge in [0.1, 0.15) is 17.7 Å². The molecule has 5 nitrogen and oxygen atoms in total. The Hall–Kier alpha value is -1.57. The molecule has 2 aliphatic rings. The second-order valence-corrected chi connectivity index (χ2v) is 9.37. The first-order valence-corrected chi connectivity index (χ1v) is 11.5. The van der Waals surface area contributed by atoms with E-state index >= 15 is 0 Å². The molecular weight excluding hydrogens is 492 g/mol. The third kappa shape index (κ3) is 6.31. The third-order valence-electron chi connectivity index (χ3n) is 6.09. The molecular formula is C24H27Cl3FNO4. The Labute approximate surface area is 209 Å². The third-order valence-corrected chi connectivity index (χ3v) is 6.52. The Kier molecular flexibility index (Phi) is 8.87. The zero-order valence-electron chi connectivity index (χ0n) is 18.2. The standard InChI is InChI=1S/C24H26Cl2FNO4.ClH/c1-31-13-22(15-7-16(25)9-17(26)8-15)28-6-2-3-18(12-28)32-23-11-21(27)20(24(29)30)10-19(23)14-4-5-14;/h7-11,14,18,22H,2-6,12-13H2,1H3,(H,29,30);1H/t18-,22?;/m1./s1. The van der Waals surface area contributed by atoms with Gasteiger partial charge in [0.25, 0.3) is 0 Å². The highest BCUT2D eigenvalue weighted by Crippen LogP contribution is 2.45. The van der Waals surface area contributed by atoms with Gasteiger partial charge in [-0.25, -0.2) is 9.18 Å². The first kappa shape index (κ1) is 26.0. The van der Waals surface area contributed by atoms with E-state index in [2.05, 4.69) is 4.90 Å². The second kappa shape index (κ2) is 11.2. The number of carbonyl (C=O) groups is 1. The quantitative estimate of drug-likeness (QED) is 0.441. The molecule has 1 N–H and O–H groups in total. The van der Waals surface area contributed by atoms with Crippen LogP contribution in [0, 0.1) is 5.82 Å². The summed E-state index contributed by atoms with van der Waals surface area (Å²) < 4.78 is 26.2. The van der Waals surface area contributed by atoms with E-state index in [9.17, 15) is 14.3 Å². The zero-order chi connectivity index (χ0) is 22.8. The number of rotatable bonds is 8. The summed E-state index contributed by atoms with van der Waals surface area (Å²) in [7, 11) is 1.66. The largest absolute Gasteiger partial charge is 0.489 e. The number of nitrogens with zero attached hydrogens (tertiary/aromatic N) is 1. The van der Waals surface area contributed by atoms with Crippen molar-refractivity contribution < 1.29 is 23.8 Å². The van der Waals surface area contributed by atoms with Crippen LogP contribution >= 0.6 is 35.6 Å². The molecule has 0 spiro atoms. The fourth-order valence-corrected chi connectivity index (χ4v) is 4.96. The van der Waals surface area contributed by atoms with Crippen molar-refractivity contribution in [3.63, 3.8) is 0 Å². The maximum Gasteiger partial charge on any atom is 0.338 e. The molecule has 4 rings (SSSR count). The summed E-state index contributed by atoms with van der Waals surface area (Å²) >= 11 is 12.5. The maximum atomic E-state index is 14.4. The van der Waals surface area contributed by atoms with Crippen molar-refractivity contribution in [2.75, 3.05) is 26.8 Å². The van der Waals surface area contributed by atoms with E-state index in [1.54, 1.807) is 13.2 Å². The van der Waals surface area contributed by atoms with Gasteiger partial charge in [0, 0.05) is 29.8 Å². The van der Waals surface area contributed by atoms with Crippen molar-refractivity contribution in [2.24, 2.45) is 0 Å². The van der Waals surface area contributed by atoms with Crippen molar-refractivity contribution >= 4 is 41.6 Å². The number of hydrogen-bond acceptors (Lipinski definition) is 4. The summed E-state index contributed by atoms with van der Waals surface area (Å²) in [5.74, 6) is -1.34. The summed E-state index contributed by atoms with van der Waals surface area (Å²) in [6.07, 6.45) is 3.52. The molecule has 33 heavy (non-hydrogen) atoms. The van der Waals surface area contributed by atoms with E-state index in [0.717, 1.165) is 43.4 Å². The summed E-state index contributed by atoms with van der Waals surface area (Å²) in [5.41, 5.74) is 1.46. The highest BCUT2D eigenvalue weighted by atomic mass is 35.5. The first-order chi connectivity index (χ1) is 15.4. The van der Waals surface area contributed by atoms with E-state index in [1.165, 1.54) is 12.1 Å². The molecule has 180 valence electrons. The van der Waals surface area contributed by atoms with Crippen LogP contribution in [0.3, 0.4) is 0 Å². The van der Waals surface area contributed by atoms with Crippen molar-refractivity contribution in [1.29, 1.82) is 0 Å². The number of methoxy groups -OCH3 is 1. The van der Waals surface area contributed by atoms with Crippen LogP contribution in [0.4, 0.5) is 4.39 Å². The van der Waals surface area contributed by atoms with Crippen LogP contribution in [0.25, 0.3) is 0 Å². The predicted octanol–water partition coefficient (Wildman–Crippen LogP) is 6.36. The minimum absolute atomic E-state index is 0. The maximum absolute atomic E-state index is 14.4. The van der Waals surface area contributed by atoms with Gasteiger partial charge in [0.05, 0.1) is 18.2 Å². The molecule has 1 heterocycles.